The zero-order valence-corrected chi connectivity index (χ0v) is 19.2. The third kappa shape index (κ3) is 4.68. The van der Waals surface area contributed by atoms with Gasteiger partial charge in [-0.15, -0.1) is 0 Å². The number of carbonyl (C=O) groups is 1. The van der Waals surface area contributed by atoms with Crippen LogP contribution in [0.5, 0.6) is 0 Å². The first-order valence-corrected chi connectivity index (χ1v) is 11.4. The van der Waals surface area contributed by atoms with Gasteiger partial charge in [-0.1, -0.05) is 66.7 Å². The maximum atomic E-state index is 13.3. The molecule has 5 rings (SSSR count). The van der Waals surface area contributed by atoms with Crippen molar-refractivity contribution in [1.82, 2.24) is 9.78 Å². The van der Waals surface area contributed by atoms with Gasteiger partial charge in [0.05, 0.1) is 11.1 Å². The Balaban J connectivity index is 1.41. The highest BCUT2D eigenvalue weighted by Gasteiger charge is 2.17. The minimum Gasteiger partial charge on any atom is -0.379 e. The van der Waals surface area contributed by atoms with Crippen molar-refractivity contribution >= 4 is 28.1 Å². The molecule has 4 aromatic carbocycles. The molecule has 1 atom stereocenters. The number of anilines is 2. The number of amides is 1. The van der Waals surface area contributed by atoms with Crippen molar-refractivity contribution in [3.8, 4) is 5.69 Å². The molecule has 1 unspecified atom stereocenters. The fraction of sp³-hybridized carbons (Fsp3) is 0.0690. The average molecular weight is 461 g/mol. The number of carbonyl (C=O) groups excluding carboxylic acids is 1. The van der Waals surface area contributed by atoms with Crippen molar-refractivity contribution in [2.75, 3.05) is 10.6 Å². The number of para-hydroxylation sites is 1. The summed E-state index contributed by atoms with van der Waals surface area (Å²) >= 11 is 0. The molecule has 2 N–H and O–H groups in total. The lowest BCUT2D eigenvalue weighted by Crippen LogP contribution is -2.26. The van der Waals surface area contributed by atoms with E-state index in [4.69, 9.17) is 0 Å². The summed E-state index contributed by atoms with van der Waals surface area (Å²) in [5, 5.41) is 11.8. The Labute approximate surface area is 202 Å². The Hall–Kier alpha value is -4.71. The lowest BCUT2D eigenvalue weighted by atomic mass is 10.1. The standard InChI is InChI=1S/C29H24N4O2/c1-20(21-10-4-2-5-11-21)30-22-16-18-23(19-17-22)31-28(34)27-25-14-8-9-15-26(25)29(35)33(32-27)24-12-6-3-7-13-24/h2-20,30H,1H3,(H,31,34). The second-order valence-corrected chi connectivity index (χ2v) is 8.25. The first kappa shape index (κ1) is 22.1. The number of nitrogens with zero attached hydrogens (tertiary/aromatic N) is 2. The van der Waals surface area contributed by atoms with Crippen LogP contribution in [0.2, 0.25) is 0 Å². The van der Waals surface area contributed by atoms with Crippen molar-refractivity contribution < 1.29 is 4.79 Å². The first-order valence-electron chi connectivity index (χ1n) is 11.4. The summed E-state index contributed by atoms with van der Waals surface area (Å²) in [6.07, 6.45) is 0. The summed E-state index contributed by atoms with van der Waals surface area (Å²) in [6, 6.07) is 34.0. The molecule has 0 saturated carbocycles. The van der Waals surface area contributed by atoms with Crippen LogP contribution in [0.1, 0.15) is 29.0 Å². The molecule has 1 heterocycles. The van der Waals surface area contributed by atoms with Gasteiger partial charge < -0.3 is 10.6 Å². The zero-order chi connectivity index (χ0) is 24.2. The second kappa shape index (κ2) is 9.65. The molecule has 5 aromatic rings. The van der Waals surface area contributed by atoms with E-state index in [1.165, 1.54) is 10.2 Å². The number of nitrogens with one attached hydrogen (secondary N) is 2. The second-order valence-electron chi connectivity index (χ2n) is 8.25. The molecule has 1 amide bonds. The molecule has 0 aliphatic rings. The van der Waals surface area contributed by atoms with E-state index >= 15 is 0 Å². The lowest BCUT2D eigenvalue weighted by molar-refractivity contribution is 0.102. The Kier molecular flexibility index (Phi) is 6.09. The highest BCUT2D eigenvalue weighted by molar-refractivity contribution is 6.11. The van der Waals surface area contributed by atoms with E-state index < -0.39 is 0 Å². The van der Waals surface area contributed by atoms with Crippen molar-refractivity contribution in [3.05, 3.63) is 131 Å². The van der Waals surface area contributed by atoms with Crippen LogP contribution < -0.4 is 16.2 Å². The van der Waals surface area contributed by atoms with E-state index in [9.17, 15) is 9.59 Å². The van der Waals surface area contributed by atoms with E-state index in [1.807, 2.05) is 60.7 Å². The first-order chi connectivity index (χ1) is 17.1. The van der Waals surface area contributed by atoms with Gasteiger partial charge in [0, 0.05) is 22.8 Å². The molecule has 0 radical (unpaired) electrons. The van der Waals surface area contributed by atoms with Crippen LogP contribution in [-0.2, 0) is 0 Å². The van der Waals surface area contributed by atoms with E-state index in [0.29, 0.717) is 22.1 Å². The SMILES string of the molecule is CC(Nc1ccc(NC(=O)c2nn(-c3ccccc3)c(=O)c3ccccc23)cc1)c1ccccc1. The van der Waals surface area contributed by atoms with Gasteiger partial charge in [-0.05, 0) is 55.0 Å². The molecule has 1 aromatic heterocycles. The van der Waals surface area contributed by atoms with Crippen LogP contribution in [0, 0.1) is 0 Å². The Morgan fingerprint density at radius 3 is 2.00 bits per heavy atom. The monoisotopic (exact) mass is 460 g/mol. The number of rotatable bonds is 6. The average Bonchev–Trinajstić information content (AvgIpc) is 2.91. The van der Waals surface area contributed by atoms with Crippen molar-refractivity contribution in [1.29, 1.82) is 0 Å². The number of hydrogen-bond donors (Lipinski definition) is 2. The largest absolute Gasteiger partial charge is 0.379 e. The molecular weight excluding hydrogens is 436 g/mol. The molecule has 0 aliphatic carbocycles. The third-order valence-corrected chi connectivity index (χ3v) is 5.85. The molecular formula is C29H24N4O2. The number of fused-ring (bicyclic) bond motifs is 1. The van der Waals surface area contributed by atoms with Crippen molar-refractivity contribution in [3.63, 3.8) is 0 Å². The lowest BCUT2D eigenvalue weighted by Gasteiger charge is -2.16. The summed E-state index contributed by atoms with van der Waals surface area (Å²) in [5.74, 6) is -0.385. The van der Waals surface area contributed by atoms with Gasteiger partial charge in [0.25, 0.3) is 11.5 Å². The fourth-order valence-electron chi connectivity index (χ4n) is 4.02. The zero-order valence-electron chi connectivity index (χ0n) is 19.2. The predicted octanol–water partition coefficient (Wildman–Crippen LogP) is 5.81. The van der Waals surface area contributed by atoms with Crippen LogP contribution in [0.4, 0.5) is 11.4 Å². The smallest absolute Gasteiger partial charge is 0.279 e. The number of aromatic nitrogens is 2. The van der Waals surface area contributed by atoms with Crippen LogP contribution in [0.25, 0.3) is 16.5 Å². The third-order valence-electron chi connectivity index (χ3n) is 5.85. The van der Waals surface area contributed by atoms with Crippen LogP contribution >= 0.6 is 0 Å². The fourth-order valence-corrected chi connectivity index (χ4v) is 4.02. The molecule has 0 fully saturated rings. The van der Waals surface area contributed by atoms with E-state index in [-0.39, 0.29) is 23.2 Å². The molecule has 35 heavy (non-hydrogen) atoms. The van der Waals surface area contributed by atoms with Gasteiger partial charge in [0.1, 0.15) is 0 Å². The molecule has 0 saturated heterocycles. The Morgan fingerprint density at radius 2 is 1.31 bits per heavy atom. The summed E-state index contributed by atoms with van der Waals surface area (Å²) in [5.41, 5.74) is 3.28. The number of hydrogen-bond acceptors (Lipinski definition) is 4. The van der Waals surface area contributed by atoms with Crippen LogP contribution in [0.15, 0.2) is 114 Å². The minimum absolute atomic E-state index is 0.145. The van der Waals surface area contributed by atoms with E-state index in [0.717, 1.165) is 5.69 Å². The number of benzene rings is 4. The van der Waals surface area contributed by atoms with Crippen LogP contribution in [-0.4, -0.2) is 15.7 Å². The quantitative estimate of drug-likeness (QED) is 0.335. The Morgan fingerprint density at radius 1 is 0.743 bits per heavy atom. The van der Waals surface area contributed by atoms with Gasteiger partial charge in [0.15, 0.2) is 5.69 Å². The van der Waals surface area contributed by atoms with Gasteiger partial charge in [-0.2, -0.15) is 9.78 Å². The molecule has 6 heteroatoms. The molecule has 6 nitrogen and oxygen atoms in total. The predicted molar refractivity (Wildman–Crippen MR) is 140 cm³/mol. The molecule has 0 bridgehead atoms. The molecule has 0 spiro atoms. The van der Waals surface area contributed by atoms with E-state index in [1.54, 1.807) is 36.4 Å². The van der Waals surface area contributed by atoms with Crippen LogP contribution in [0.3, 0.4) is 0 Å². The Bertz CT molecular complexity index is 1530. The maximum Gasteiger partial charge on any atom is 0.279 e. The van der Waals surface area contributed by atoms with Gasteiger partial charge >= 0.3 is 0 Å². The van der Waals surface area contributed by atoms with Gasteiger partial charge in [-0.25, -0.2) is 0 Å². The van der Waals surface area contributed by atoms with E-state index in [2.05, 4.69) is 34.8 Å². The van der Waals surface area contributed by atoms with Gasteiger partial charge in [-0.3, -0.25) is 9.59 Å². The van der Waals surface area contributed by atoms with Crippen molar-refractivity contribution in [2.24, 2.45) is 0 Å². The summed E-state index contributed by atoms with van der Waals surface area (Å²) in [6.45, 7) is 2.10. The topological polar surface area (TPSA) is 76.0 Å². The highest BCUT2D eigenvalue weighted by atomic mass is 16.2. The summed E-state index contributed by atoms with van der Waals surface area (Å²) in [7, 11) is 0. The van der Waals surface area contributed by atoms with Crippen molar-refractivity contribution in [2.45, 2.75) is 13.0 Å². The minimum atomic E-state index is -0.385. The summed E-state index contributed by atoms with van der Waals surface area (Å²) in [4.78, 5) is 26.3. The highest BCUT2D eigenvalue weighted by Crippen LogP contribution is 2.22. The summed E-state index contributed by atoms with van der Waals surface area (Å²) < 4.78 is 1.27. The normalized spacial score (nSPS) is 11.7. The molecule has 172 valence electrons. The maximum absolute atomic E-state index is 13.3. The molecule has 0 aliphatic heterocycles. The van der Waals surface area contributed by atoms with Gasteiger partial charge in [0.2, 0.25) is 0 Å².